The third kappa shape index (κ3) is 5.13. The monoisotopic (exact) mass is 325 g/mol. The molecule has 1 aromatic carbocycles. The SMILES string of the molecule is COc1ccc([N+](=O)[O-])cc1CNC(=O)N(C)CC(C)C(=O)O. The number of nitro groups is 1. The topological polar surface area (TPSA) is 122 Å². The number of ether oxygens (including phenoxy) is 1. The molecule has 1 unspecified atom stereocenters. The van der Waals surface area contributed by atoms with Gasteiger partial charge in [-0.05, 0) is 6.07 Å². The number of benzene rings is 1. The quantitative estimate of drug-likeness (QED) is 0.578. The van der Waals surface area contributed by atoms with Gasteiger partial charge in [-0.15, -0.1) is 0 Å². The van der Waals surface area contributed by atoms with Crippen molar-refractivity contribution in [3.63, 3.8) is 0 Å². The highest BCUT2D eigenvalue weighted by Gasteiger charge is 2.18. The van der Waals surface area contributed by atoms with Gasteiger partial charge in [0.1, 0.15) is 5.75 Å². The fourth-order valence-electron chi connectivity index (χ4n) is 1.89. The number of carboxylic acids is 1. The normalized spacial score (nSPS) is 11.4. The lowest BCUT2D eigenvalue weighted by atomic mass is 10.1. The molecule has 1 rings (SSSR count). The van der Waals surface area contributed by atoms with E-state index < -0.39 is 22.8 Å². The summed E-state index contributed by atoms with van der Waals surface area (Å²) < 4.78 is 5.10. The number of nitro benzene ring substituents is 1. The molecule has 0 aliphatic carbocycles. The van der Waals surface area contributed by atoms with Gasteiger partial charge in [-0.2, -0.15) is 0 Å². The van der Waals surface area contributed by atoms with Crippen LogP contribution in [0, 0.1) is 16.0 Å². The van der Waals surface area contributed by atoms with E-state index in [-0.39, 0.29) is 18.8 Å². The van der Waals surface area contributed by atoms with Gasteiger partial charge in [0.2, 0.25) is 0 Å². The molecule has 9 heteroatoms. The van der Waals surface area contributed by atoms with Crippen LogP contribution >= 0.6 is 0 Å². The molecular weight excluding hydrogens is 306 g/mol. The zero-order valence-corrected chi connectivity index (χ0v) is 13.1. The van der Waals surface area contributed by atoms with E-state index >= 15 is 0 Å². The summed E-state index contributed by atoms with van der Waals surface area (Å²) in [5, 5.41) is 22.2. The highest BCUT2D eigenvalue weighted by molar-refractivity contribution is 5.75. The van der Waals surface area contributed by atoms with Crippen LogP contribution in [0.3, 0.4) is 0 Å². The van der Waals surface area contributed by atoms with Crippen molar-refractivity contribution in [3.8, 4) is 5.75 Å². The van der Waals surface area contributed by atoms with E-state index in [0.717, 1.165) is 0 Å². The van der Waals surface area contributed by atoms with Gasteiger partial charge in [-0.25, -0.2) is 4.79 Å². The van der Waals surface area contributed by atoms with Gasteiger partial charge in [0, 0.05) is 37.8 Å². The second kappa shape index (κ2) is 7.97. The first kappa shape index (κ1) is 18.2. The molecular formula is C14H19N3O6. The van der Waals surface area contributed by atoms with Crippen LogP contribution in [0.5, 0.6) is 5.75 Å². The number of hydrogen-bond acceptors (Lipinski definition) is 5. The van der Waals surface area contributed by atoms with Crippen molar-refractivity contribution in [3.05, 3.63) is 33.9 Å². The van der Waals surface area contributed by atoms with Crippen molar-refractivity contribution < 1.29 is 24.4 Å². The predicted molar refractivity (Wildman–Crippen MR) is 81.3 cm³/mol. The molecule has 0 saturated heterocycles. The van der Waals surface area contributed by atoms with Gasteiger partial charge in [0.25, 0.3) is 5.69 Å². The maximum absolute atomic E-state index is 11.9. The maximum Gasteiger partial charge on any atom is 0.317 e. The highest BCUT2D eigenvalue weighted by atomic mass is 16.6. The number of aliphatic carboxylic acids is 1. The number of carbonyl (C=O) groups is 2. The number of nitrogens with one attached hydrogen (secondary N) is 1. The molecule has 1 atom stereocenters. The number of carbonyl (C=O) groups excluding carboxylic acids is 1. The molecule has 126 valence electrons. The van der Waals surface area contributed by atoms with Crippen LogP contribution < -0.4 is 10.1 Å². The molecule has 23 heavy (non-hydrogen) atoms. The third-order valence-corrected chi connectivity index (χ3v) is 3.22. The van der Waals surface area contributed by atoms with Crippen LogP contribution in [0.15, 0.2) is 18.2 Å². The highest BCUT2D eigenvalue weighted by Crippen LogP contribution is 2.23. The van der Waals surface area contributed by atoms with E-state index in [1.165, 1.54) is 44.2 Å². The van der Waals surface area contributed by atoms with Crippen LogP contribution in [0.4, 0.5) is 10.5 Å². The van der Waals surface area contributed by atoms with E-state index in [2.05, 4.69) is 5.32 Å². The summed E-state index contributed by atoms with van der Waals surface area (Å²) in [6.45, 7) is 1.57. The van der Waals surface area contributed by atoms with Crippen molar-refractivity contribution in [1.82, 2.24) is 10.2 Å². The molecule has 9 nitrogen and oxygen atoms in total. The number of carboxylic acid groups (broad SMARTS) is 1. The van der Waals surface area contributed by atoms with E-state index in [1.54, 1.807) is 0 Å². The summed E-state index contributed by atoms with van der Waals surface area (Å²) >= 11 is 0. The Bertz CT molecular complexity index is 604. The Morgan fingerprint density at radius 2 is 2.13 bits per heavy atom. The van der Waals surface area contributed by atoms with Crippen LogP contribution in [-0.2, 0) is 11.3 Å². The molecule has 0 bridgehead atoms. The van der Waals surface area contributed by atoms with Gasteiger partial charge >= 0.3 is 12.0 Å². The van der Waals surface area contributed by atoms with Crippen LogP contribution in [0.1, 0.15) is 12.5 Å². The molecule has 0 aliphatic rings. The summed E-state index contributed by atoms with van der Waals surface area (Å²) in [7, 11) is 2.90. The van der Waals surface area contributed by atoms with Crippen molar-refractivity contribution in [2.24, 2.45) is 5.92 Å². The molecule has 0 fully saturated rings. The standard InChI is InChI=1S/C14H19N3O6/c1-9(13(18)19)8-16(2)14(20)15-7-10-6-11(17(21)22)4-5-12(10)23-3/h4-6,9H,7-8H2,1-3H3,(H,15,20)(H,18,19). The summed E-state index contributed by atoms with van der Waals surface area (Å²) in [5.74, 6) is -1.28. The first-order valence-corrected chi connectivity index (χ1v) is 6.79. The minimum Gasteiger partial charge on any atom is -0.496 e. The first-order chi connectivity index (χ1) is 10.8. The summed E-state index contributed by atoms with van der Waals surface area (Å²) in [4.78, 5) is 34.2. The van der Waals surface area contributed by atoms with Gasteiger partial charge < -0.3 is 20.1 Å². The fraction of sp³-hybridized carbons (Fsp3) is 0.429. The van der Waals surface area contributed by atoms with Crippen LogP contribution in [0.25, 0.3) is 0 Å². The number of non-ortho nitro benzene ring substituents is 1. The van der Waals surface area contributed by atoms with Gasteiger partial charge in [0.05, 0.1) is 18.0 Å². The Hall–Kier alpha value is -2.84. The lowest BCUT2D eigenvalue weighted by Crippen LogP contribution is -2.40. The van der Waals surface area contributed by atoms with Gasteiger partial charge in [-0.3, -0.25) is 14.9 Å². The lowest BCUT2D eigenvalue weighted by molar-refractivity contribution is -0.384. The van der Waals surface area contributed by atoms with Gasteiger partial charge in [0.15, 0.2) is 0 Å². The Morgan fingerprint density at radius 1 is 1.48 bits per heavy atom. The third-order valence-electron chi connectivity index (χ3n) is 3.22. The molecule has 0 spiro atoms. The smallest absolute Gasteiger partial charge is 0.317 e. The number of urea groups is 1. The van der Waals surface area contributed by atoms with Crippen LogP contribution in [0.2, 0.25) is 0 Å². The van der Waals surface area contributed by atoms with Gasteiger partial charge in [-0.1, -0.05) is 6.92 Å². The van der Waals surface area contributed by atoms with Crippen LogP contribution in [-0.4, -0.2) is 47.6 Å². The summed E-state index contributed by atoms with van der Waals surface area (Å²) in [6.07, 6.45) is 0. The molecule has 2 amide bonds. The zero-order chi connectivity index (χ0) is 17.6. The second-order valence-corrected chi connectivity index (χ2v) is 5.03. The number of nitrogens with zero attached hydrogens (tertiary/aromatic N) is 2. The number of hydrogen-bond donors (Lipinski definition) is 2. The molecule has 0 heterocycles. The molecule has 0 aromatic heterocycles. The average Bonchev–Trinajstić information content (AvgIpc) is 2.51. The largest absolute Gasteiger partial charge is 0.496 e. The summed E-state index contributed by atoms with van der Waals surface area (Å²) in [6, 6.07) is 3.60. The van der Waals surface area contributed by atoms with E-state index in [1.807, 2.05) is 0 Å². The molecule has 0 saturated carbocycles. The minimum absolute atomic E-state index is 0.0233. The Kier molecular flexibility index (Phi) is 6.31. The number of rotatable bonds is 7. The fourth-order valence-corrected chi connectivity index (χ4v) is 1.89. The van der Waals surface area contributed by atoms with Crippen molar-refractivity contribution in [2.75, 3.05) is 20.7 Å². The minimum atomic E-state index is -0.995. The second-order valence-electron chi connectivity index (χ2n) is 5.03. The van der Waals surface area contributed by atoms with Crippen molar-refractivity contribution >= 4 is 17.7 Å². The number of amides is 2. The van der Waals surface area contributed by atoms with E-state index in [9.17, 15) is 19.7 Å². The maximum atomic E-state index is 11.9. The molecule has 0 radical (unpaired) electrons. The Morgan fingerprint density at radius 3 is 2.65 bits per heavy atom. The summed E-state index contributed by atoms with van der Waals surface area (Å²) in [5.41, 5.74) is 0.345. The Balaban J connectivity index is 2.73. The lowest BCUT2D eigenvalue weighted by Gasteiger charge is -2.20. The molecule has 0 aliphatic heterocycles. The average molecular weight is 325 g/mol. The van der Waals surface area contributed by atoms with E-state index in [4.69, 9.17) is 9.84 Å². The first-order valence-electron chi connectivity index (χ1n) is 6.79. The zero-order valence-electron chi connectivity index (χ0n) is 13.1. The predicted octanol–water partition coefficient (Wildman–Crippen LogP) is 1.47. The van der Waals surface area contributed by atoms with E-state index in [0.29, 0.717) is 11.3 Å². The Labute approximate surface area is 133 Å². The molecule has 1 aromatic rings. The molecule has 2 N–H and O–H groups in total. The van der Waals surface area contributed by atoms with Crippen molar-refractivity contribution in [1.29, 1.82) is 0 Å². The number of methoxy groups -OCH3 is 1. The van der Waals surface area contributed by atoms with Crippen molar-refractivity contribution in [2.45, 2.75) is 13.5 Å².